The van der Waals surface area contributed by atoms with Gasteiger partial charge < -0.3 is 10.0 Å². The zero-order chi connectivity index (χ0) is 11.3. The molecule has 84 valence electrons. The fourth-order valence-corrected chi connectivity index (χ4v) is 1.73. The van der Waals surface area contributed by atoms with E-state index in [-0.39, 0.29) is 18.2 Å². The number of aliphatic carboxylic acids is 1. The Kier molecular flexibility index (Phi) is 4.34. The highest BCUT2D eigenvalue weighted by Gasteiger charge is 2.23. The molecule has 0 spiro atoms. The van der Waals surface area contributed by atoms with Crippen LogP contribution in [0.15, 0.2) is 12.2 Å². The molecule has 0 aromatic rings. The van der Waals surface area contributed by atoms with Crippen LogP contribution in [-0.4, -0.2) is 35.0 Å². The van der Waals surface area contributed by atoms with Crippen LogP contribution in [0.5, 0.6) is 0 Å². The van der Waals surface area contributed by atoms with Crippen molar-refractivity contribution in [2.45, 2.75) is 26.2 Å². The molecule has 0 saturated heterocycles. The molecule has 1 aliphatic carbocycles. The fourth-order valence-electron chi connectivity index (χ4n) is 1.73. The van der Waals surface area contributed by atoms with E-state index in [9.17, 15) is 9.59 Å². The van der Waals surface area contributed by atoms with Gasteiger partial charge in [0.15, 0.2) is 0 Å². The van der Waals surface area contributed by atoms with Gasteiger partial charge in [0, 0.05) is 19.0 Å². The van der Waals surface area contributed by atoms with E-state index in [1.807, 2.05) is 19.1 Å². The first-order valence-corrected chi connectivity index (χ1v) is 5.30. The minimum Gasteiger partial charge on any atom is -0.481 e. The lowest BCUT2D eigenvalue weighted by Gasteiger charge is -2.23. The average molecular weight is 211 g/mol. The molecule has 0 aromatic heterocycles. The molecule has 0 atom stereocenters. The number of rotatable bonds is 5. The Bertz CT molecular complexity index is 265. The summed E-state index contributed by atoms with van der Waals surface area (Å²) in [4.78, 5) is 23.9. The van der Waals surface area contributed by atoms with E-state index in [1.54, 1.807) is 4.90 Å². The van der Waals surface area contributed by atoms with Crippen LogP contribution in [0.1, 0.15) is 26.2 Å². The van der Waals surface area contributed by atoms with E-state index in [4.69, 9.17) is 5.11 Å². The molecule has 1 N–H and O–H groups in total. The highest BCUT2D eigenvalue weighted by Crippen LogP contribution is 2.20. The van der Waals surface area contributed by atoms with E-state index in [1.165, 1.54) is 0 Å². The molecule has 0 aromatic carbocycles. The van der Waals surface area contributed by atoms with Gasteiger partial charge in [-0.15, -0.1) is 0 Å². The predicted octanol–water partition coefficient (Wildman–Crippen LogP) is 1.28. The lowest BCUT2D eigenvalue weighted by Crippen LogP contribution is -2.36. The number of hydrogen-bond acceptors (Lipinski definition) is 2. The lowest BCUT2D eigenvalue weighted by atomic mass is 10.1. The van der Waals surface area contributed by atoms with Crippen LogP contribution in [0, 0.1) is 5.92 Å². The number of carboxylic acid groups (broad SMARTS) is 1. The quantitative estimate of drug-likeness (QED) is 0.697. The number of carbonyl (C=O) groups excluding carboxylic acids is 1. The topological polar surface area (TPSA) is 57.6 Å². The number of hydrogen-bond donors (Lipinski definition) is 1. The second-order valence-corrected chi connectivity index (χ2v) is 3.70. The second-order valence-electron chi connectivity index (χ2n) is 3.70. The zero-order valence-corrected chi connectivity index (χ0v) is 8.98. The smallest absolute Gasteiger partial charge is 0.305 e. The van der Waals surface area contributed by atoms with E-state index in [2.05, 4.69) is 0 Å². The van der Waals surface area contributed by atoms with E-state index in [0.29, 0.717) is 13.1 Å². The lowest BCUT2D eigenvalue weighted by molar-refractivity contribution is -0.139. The molecule has 1 aliphatic rings. The van der Waals surface area contributed by atoms with Gasteiger partial charge in [-0.05, 0) is 19.8 Å². The minimum atomic E-state index is -0.856. The van der Waals surface area contributed by atoms with Gasteiger partial charge in [0.1, 0.15) is 0 Å². The van der Waals surface area contributed by atoms with Crippen molar-refractivity contribution in [3.8, 4) is 0 Å². The summed E-state index contributed by atoms with van der Waals surface area (Å²) in [6.07, 6.45) is 5.63. The Morgan fingerprint density at radius 2 is 2.00 bits per heavy atom. The predicted molar refractivity (Wildman–Crippen MR) is 56.4 cm³/mol. The van der Waals surface area contributed by atoms with Crippen molar-refractivity contribution >= 4 is 11.9 Å². The van der Waals surface area contributed by atoms with Crippen molar-refractivity contribution in [1.29, 1.82) is 0 Å². The van der Waals surface area contributed by atoms with E-state index >= 15 is 0 Å². The van der Waals surface area contributed by atoms with Crippen molar-refractivity contribution in [2.75, 3.05) is 13.1 Å². The Morgan fingerprint density at radius 3 is 2.47 bits per heavy atom. The van der Waals surface area contributed by atoms with Crippen molar-refractivity contribution in [3.63, 3.8) is 0 Å². The first-order chi connectivity index (χ1) is 7.15. The second kappa shape index (κ2) is 5.53. The molecule has 1 rings (SSSR count). The molecule has 0 unspecified atom stereocenters. The third kappa shape index (κ3) is 3.38. The van der Waals surface area contributed by atoms with Crippen LogP contribution < -0.4 is 0 Å². The summed E-state index contributed by atoms with van der Waals surface area (Å²) in [6, 6.07) is 0. The molecule has 0 radical (unpaired) electrons. The van der Waals surface area contributed by atoms with Crippen molar-refractivity contribution in [2.24, 2.45) is 5.92 Å². The summed E-state index contributed by atoms with van der Waals surface area (Å²) in [5.74, 6) is -0.728. The first kappa shape index (κ1) is 11.8. The van der Waals surface area contributed by atoms with Gasteiger partial charge in [0.25, 0.3) is 0 Å². The fraction of sp³-hybridized carbons (Fsp3) is 0.636. The molecule has 4 nitrogen and oxygen atoms in total. The molecular formula is C11H17NO3. The molecule has 0 bridgehead atoms. The molecule has 0 heterocycles. The van der Waals surface area contributed by atoms with Crippen molar-refractivity contribution in [3.05, 3.63) is 12.2 Å². The monoisotopic (exact) mass is 211 g/mol. The SMILES string of the molecule is CCN(CCC(=O)O)C(=O)C1CC=CC1. The minimum absolute atomic E-state index is 0.0275. The first-order valence-electron chi connectivity index (χ1n) is 5.30. The molecule has 0 fully saturated rings. The molecule has 4 heteroatoms. The summed E-state index contributed by atoms with van der Waals surface area (Å²) < 4.78 is 0. The van der Waals surface area contributed by atoms with Gasteiger partial charge in [-0.1, -0.05) is 12.2 Å². The van der Waals surface area contributed by atoms with Gasteiger partial charge in [-0.3, -0.25) is 9.59 Å². The highest BCUT2D eigenvalue weighted by atomic mass is 16.4. The maximum atomic E-state index is 11.9. The van der Waals surface area contributed by atoms with Gasteiger partial charge in [0.05, 0.1) is 6.42 Å². The van der Waals surface area contributed by atoms with Gasteiger partial charge >= 0.3 is 5.97 Å². The van der Waals surface area contributed by atoms with Crippen molar-refractivity contribution < 1.29 is 14.7 Å². The number of allylic oxidation sites excluding steroid dienone is 2. The van der Waals surface area contributed by atoms with E-state index < -0.39 is 5.97 Å². The summed E-state index contributed by atoms with van der Waals surface area (Å²) in [7, 11) is 0. The molecule has 1 amide bonds. The summed E-state index contributed by atoms with van der Waals surface area (Å²) in [6.45, 7) is 2.78. The van der Waals surface area contributed by atoms with Crippen molar-refractivity contribution in [1.82, 2.24) is 4.90 Å². The maximum absolute atomic E-state index is 11.9. The number of carboxylic acids is 1. The Hall–Kier alpha value is -1.32. The molecule has 0 aliphatic heterocycles. The van der Waals surface area contributed by atoms with Crippen LogP contribution in [0.25, 0.3) is 0 Å². The van der Waals surface area contributed by atoms with Gasteiger partial charge in [-0.25, -0.2) is 0 Å². The Labute approximate surface area is 89.6 Å². The van der Waals surface area contributed by atoms with E-state index in [0.717, 1.165) is 12.8 Å². The Morgan fingerprint density at radius 1 is 1.40 bits per heavy atom. The molecule has 15 heavy (non-hydrogen) atoms. The molecular weight excluding hydrogens is 194 g/mol. The van der Waals surface area contributed by atoms with Gasteiger partial charge in [-0.2, -0.15) is 0 Å². The average Bonchev–Trinajstić information content (AvgIpc) is 2.70. The Balaban J connectivity index is 2.42. The number of carbonyl (C=O) groups is 2. The largest absolute Gasteiger partial charge is 0.481 e. The summed E-state index contributed by atoms with van der Waals surface area (Å²) in [5.41, 5.74) is 0. The van der Waals surface area contributed by atoms with Gasteiger partial charge in [0.2, 0.25) is 5.91 Å². The molecule has 0 saturated carbocycles. The third-order valence-corrected chi connectivity index (χ3v) is 2.65. The highest BCUT2D eigenvalue weighted by molar-refractivity contribution is 5.80. The summed E-state index contributed by atoms with van der Waals surface area (Å²) >= 11 is 0. The third-order valence-electron chi connectivity index (χ3n) is 2.65. The van der Waals surface area contributed by atoms with Crippen LogP contribution in [0.3, 0.4) is 0 Å². The summed E-state index contributed by atoms with van der Waals surface area (Å²) in [5, 5.41) is 8.55. The standard InChI is InChI=1S/C11H17NO3/c1-2-12(8-7-10(13)14)11(15)9-5-3-4-6-9/h3-4,9H,2,5-8H2,1H3,(H,13,14). The van der Waals surface area contributed by atoms with Crippen LogP contribution in [0.2, 0.25) is 0 Å². The van der Waals surface area contributed by atoms with Crippen LogP contribution in [-0.2, 0) is 9.59 Å². The number of nitrogens with zero attached hydrogens (tertiary/aromatic N) is 1. The number of amides is 1. The normalized spacial score (nSPS) is 15.5. The zero-order valence-electron chi connectivity index (χ0n) is 8.98. The van der Waals surface area contributed by atoms with Crippen LogP contribution >= 0.6 is 0 Å². The van der Waals surface area contributed by atoms with Crippen LogP contribution in [0.4, 0.5) is 0 Å². The maximum Gasteiger partial charge on any atom is 0.305 e.